The normalized spacial score (nSPS) is 12.1. The molecule has 1 aromatic carbocycles. The van der Waals surface area contributed by atoms with Crippen molar-refractivity contribution in [3.8, 4) is 0 Å². The molecule has 0 radical (unpaired) electrons. The van der Waals surface area contributed by atoms with Gasteiger partial charge in [0, 0.05) is 4.90 Å². The lowest BCUT2D eigenvalue weighted by Crippen LogP contribution is -2.30. The highest BCUT2D eigenvalue weighted by Crippen LogP contribution is 2.23. The lowest BCUT2D eigenvalue weighted by molar-refractivity contribution is -0.120. The van der Waals surface area contributed by atoms with Crippen molar-refractivity contribution in [3.63, 3.8) is 0 Å². The van der Waals surface area contributed by atoms with E-state index in [1.165, 1.54) is 23.9 Å². The Balaban J connectivity index is 1.83. The summed E-state index contributed by atoms with van der Waals surface area (Å²) in [5.74, 6) is 0.359. The average molecular weight is 279 g/mol. The summed E-state index contributed by atoms with van der Waals surface area (Å²) < 4.78 is 17.9. The molecule has 100 valence electrons. The van der Waals surface area contributed by atoms with Crippen LogP contribution in [0, 0.1) is 5.82 Å². The van der Waals surface area contributed by atoms with Crippen LogP contribution in [-0.4, -0.2) is 11.2 Å². The van der Waals surface area contributed by atoms with Crippen LogP contribution in [-0.2, 0) is 11.3 Å². The van der Waals surface area contributed by atoms with E-state index in [0.717, 1.165) is 4.90 Å². The van der Waals surface area contributed by atoms with E-state index in [9.17, 15) is 9.18 Å². The molecule has 2 rings (SSSR count). The van der Waals surface area contributed by atoms with Crippen LogP contribution in [0.1, 0.15) is 12.7 Å². The summed E-state index contributed by atoms with van der Waals surface area (Å²) in [5, 5.41) is 2.54. The fourth-order valence-electron chi connectivity index (χ4n) is 1.50. The van der Waals surface area contributed by atoms with Crippen LogP contribution in [0.25, 0.3) is 0 Å². The maximum absolute atomic E-state index is 12.8. The van der Waals surface area contributed by atoms with Gasteiger partial charge in [0.15, 0.2) is 0 Å². The number of carbonyl (C=O) groups excluding carboxylic acids is 1. The second-order valence-corrected chi connectivity index (χ2v) is 5.43. The maximum atomic E-state index is 12.8. The number of nitrogens with one attached hydrogen (secondary N) is 1. The van der Waals surface area contributed by atoms with E-state index < -0.39 is 0 Å². The quantitative estimate of drug-likeness (QED) is 0.855. The fraction of sp³-hybridized carbons (Fsp3) is 0.214. The van der Waals surface area contributed by atoms with Crippen LogP contribution in [0.5, 0.6) is 0 Å². The van der Waals surface area contributed by atoms with Crippen LogP contribution in [0.2, 0.25) is 0 Å². The van der Waals surface area contributed by atoms with E-state index in [0.29, 0.717) is 12.3 Å². The van der Waals surface area contributed by atoms with Gasteiger partial charge in [-0.3, -0.25) is 4.79 Å². The minimum Gasteiger partial charge on any atom is -0.467 e. The van der Waals surface area contributed by atoms with Crippen molar-refractivity contribution in [2.75, 3.05) is 0 Å². The van der Waals surface area contributed by atoms with E-state index in [1.54, 1.807) is 30.5 Å². The third-order valence-electron chi connectivity index (χ3n) is 2.51. The van der Waals surface area contributed by atoms with Gasteiger partial charge in [-0.15, -0.1) is 11.8 Å². The first-order valence-corrected chi connectivity index (χ1v) is 6.75. The third kappa shape index (κ3) is 4.13. The minimum absolute atomic E-state index is 0.0780. The molecule has 3 nitrogen and oxygen atoms in total. The molecular weight excluding hydrogens is 265 g/mol. The van der Waals surface area contributed by atoms with E-state index in [2.05, 4.69) is 5.32 Å². The minimum atomic E-state index is -0.278. The molecule has 1 atom stereocenters. The molecule has 0 saturated carbocycles. The predicted molar refractivity (Wildman–Crippen MR) is 72.3 cm³/mol. The van der Waals surface area contributed by atoms with E-state index >= 15 is 0 Å². The Morgan fingerprint density at radius 2 is 2.11 bits per heavy atom. The molecule has 0 saturated heterocycles. The predicted octanol–water partition coefficient (Wildman–Crippen LogP) is 3.22. The Morgan fingerprint density at radius 1 is 1.37 bits per heavy atom. The Morgan fingerprint density at radius 3 is 2.74 bits per heavy atom. The second kappa shape index (κ2) is 6.43. The number of carbonyl (C=O) groups is 1. The number of hydrogen-bond donors (Lipinski definition) is 1. The molecular formula is C14H14FNO2S. The molecule has 0 fully saturated rings. The first-order chi connectivity index (χ1) is 9.15. The van der Waals surface area contributed by atoms with Crippen molar-refractivity contribution in [2.24, 2.45) is 0 Å². The Hall–Kier alpha value is -1.75. The summed E-state index contributed by atoms with van der Waals surface area (Å²) >= 11 is 1.39. The first kappa shape index (κ1) is 13.7. The van der Waals surface area contributed by atoms with Gasteiger partial charge in [0.2, 0.25) is 5.91 Å². The van der Waals surface area contributed by atoms with Gasteiger partial charge in [0.05, 0.1) is 18.1 Å². The Kier molecular flexibility index (Phi) is 4.63. The number of rotatable bonds is 5. The molecule has 5 heteroatoms. The van der Waals surface area contributed by atoms with Gasteiger partial charge >= 0.3 is 0 Å². The van der Waals surface area contributed by atoms with Crippen molar-refractivity contribution in [3.05, 3.63) is 54.2 Å². The molecule has 0 aliphatic rings. The Labute approximate surface area is 115 Å². The number of amides is 1. The van der Waals surface area contributed by atoms with Gasteiger partial charge in [-0.25, -0.2) is 4.39 Å². The second-order valence-electron chi connectivity index (χ2n) is 4.01. The zero-order valence-electron chi connectivity index (χ0n) is 10.4. The smallest absolute Gasteiger partial charge is 0.233 e. The van der Waals surface area contributed by atoms with Crippen molar-refractivity contribution in [1.29, 1.82) is 0 Å². The number of hydrogen-bond acceptors (Lipinski definition) is 3. The number of furan rings is 1. The summed E-state index contributed by atoms with van der Waals surface area (Å²) in [4.78, 5) is 12.7. The molecule has 2 aromatic rings. The van der Waals surface area contributed by atoms with Crippen LogP contribution in [0.15, 0.2) is 52.0 Å². The van der Waals surface area contributed by atoms with Crippen LogP contribution >= 0.6 is 11.8 Å². The zero-order chi connectivity index (χ0) is 13.7. The van der Waals surface area contributed by atoms with Gasteiger partial charge in [-0.2, -0.15) is 0 Å². The van der Waals surface area contributed by atoms with Gasteiger partial charge in [0.1, 0.15) is 11.6 Å². The zero-order valence-corrected chi connectivity index (χ0v) is 11.2. The van der Waals surface area contributed by atoms with Crippen LogP contribution < -0.4 is 5.32 Å². The monoisotopic (exact) mass is 279 g/mol. The van der Waals surface area contributed by atoms with Gasteiger partial charge in [-0.05, 0) is 43.3 Å². The topological polar surface area (TPSA) is 42.2 Å². The van der Waals surface area contributed by atoms with Crippen LogP contribution in [0.3, 0.4) is 0 Å². The molecule has 1 heterocycles. The summed E-state index contributed by atoms with van der Waals surface area (Å²) in [6.45, 7) is 2.19. The molecule has 0 unspecified atom stereocenters. The summed E-state index contributed by atoms with van der Waals surface area (Å²) in [6.07, 6.45) is 1.57. The third-order valence-corrected chi connectivity index (χ3v) is 3.62. The fourth-order valence-corrected chi connectivity index (χ4v) is 2.39. The van der Waals surface area contributed by atoms with Gasteiger partial charge in [-0.1, -0.05) is 0 Å². The number of halogens is 1. The van der Waals surface area contributed by atoms with Crippen molar-refractivity contribution in [2.45, 2.75) is 23.6 Å². The van der Waals surface area contributed by atoms with Crippen molar-refractivity contribution in [1.82, 2.24) is 5.32 Å². The number of thioether (sulfide) groups is 1. The molecule has 0 spiro atoms. The van der Waals surface area contributed by atoms with Crippen molar-refractivity contribution < 1.29 is 13.6 Å². The maximum Gasteiger partial charge on any atom is 0.233 e. The summed E-state index contributed by atoms with van der Waals surface area (Å²) in [7, 11) is 0. The molecule has 19 heavy (non-hydrogen) atoms. The summed E-state index contributed by atoms with van der Waals surface area (Å²) in [5.41, 5.74) is 0. The highest BCUT2D eigenvalue weighted by molar-refractivity contribution is 8.00. The largest absolute Gasteiger partial charge is 0.467 e. The molecule has 1 N–H and O–H groups in total. The molecule has 1 amide bonds. The molecule has 1 aromatic heterocycles. The molecule has 0 aliphatic heterocycles. The SMILES string of the molecule is C[C@H](Sc1ccc(F)cc1)C(=O)NCc1ccco1. The van der Waals surface area contributed by atoms with Crippen LogP contribution in [0.4, 0.5) is 4.39 Å². The summed E-state index contributed by atoms with van der Waals surface area (Å²) in [6, 6.07) is 9.68. The Bertz CT molecular complexity index is 525. The van der Waals surface area contributed by atoms with E-state index in [4.69, 9.17) is 4.42 Å². The number of benzene rings is 1. The highest BCUT2D eigenvalue weighted by Gasteiger charge is 2.14. The van der Waals surface area contributed by atoms with E-state index in [-0.39, 0.29) is 17.0 Å². The first-order valence-electron chi connectivity index (χ1n) is 5.87. The van der Waals surface area contributed by atoms with E-state index in [1.807, 2.05) is 6.92 Å². The van der Waals surface area contributed by atoms with Gasteiger partial charge < -0.3 is 9.73 Å². The lowest BCUT2D eigenvalue weighted by atomic mass is 10.3. The highest BCUT2D eigenvalue weighted by atomic mass is 32.2. The standard InChI is InChI=1S/C14H14FNO2S/c1-10(19-13-6-4-11(15)5-7-13)14(17)16-9-12-3-2-8-18-12/h2-8,10H,9H2,1H3,(H,16,17)/t10-/m0/s1. The van der Waals surface area contributed by atoms with Crippen molar-refractivity contribution >= 4 is 17.7 Å². The average Bonchev–Trinajstić information content (AvgIpc) is 2.91. The van der Waals surface area contributed by atoms with Gasteiger partial charge in [0.25, 0.3) is 0 Å². The molecule has 0 aliphatic carbocycles. The molecule has 0 bridgehead atoms. The lowest BCUT2D eigenvalue weighted by Gasteiger charge is -2.11.